The van der Waals surface area contributed by atoms with Gasteiger partial charge in [-0.2, -0.15) is 5.10 Å². The van der Waals surface area contributed by atoms with Gasteiger partial charge in [0.2, 0.25) is 0 Å². The lowest BCUT2D eigenvalue weighted by molar-refractivity contribution is 0.0784. The maximum absolute atomic E-state index is 13.0. The van der Waals surface area contributed by atoms with Crippen molar-refractivity contribution in [1.29, 1.82) is 0 Å². The second kappa shape index (κ2) is 6.71. The molecule has 1 amide bonds. The zero-order chi connectivity index (χ0) is 18.1. The second-order valence-corrected chi connectivity index (χ2v) is 6.43. The maximum Gasteiger partial charge on any atom is 0.272 e. The minimum Gasteiger partial charge on any atom is -0.497 e. The van der Waals surface area contributed by atoms with E-state index >= 15 is 0 Å². The molecule has 1 aromatic carbocycles. The molecular formula is C20H21N3O3. The smallest absolute Gasteiger partial charge is 0.272 e. The summed E-state index contributed by atoms with van der Waals surface area (Å²) in [5, 5.41) is 4.65. The third kappa shape index (κ3) is 2.98. The average molecular weight is 351 g/mol. The van der Waals surface area contributed by atoms with E-state index in [-0.39, 0.29) is 5.91 Å². The number of aromatic nitrogens is 2. The van der Waals surface area contributed by atoms with E-state index in [9.17, 15) is 4.79 Å². The summed E-state index contributed by atoms with van der Waals surface area (Å²) >= 11 is 0. The van der Waals surface area contributed by atoms with Gasteiger partial charge in [-0.1, -0.05) is 0 Å². The molecule has 0 radical (unpaired) electrons. The van der Waals surface area contributed by atoms with Gasteiger partial charge in [-0.05, 0) is 56.2 Å². The van der Waals surface area contributed by atoms with E-state index in [2.05, 4.69) is 5.10 Å². The third-order valence-electron chi connectivity index (χ3n) is 4.63. The van der Waals surface area contributed by atoms with Gasteiger partial charge in [-0.15, -0.1) is 0 Å². The number of likely N-dealkylation sites (tertiary alicyclic amines) is 1. The highest BCUT2D eigenvalue weighted by Gasteiger charge is 2.25. The van der Waals surface area contributed by atoms with Crippen LogP contribution in [0.5, 0.6) is 5.75 Å². The topological polar surface area (TPSA) is 60.5 Å². The van der Waals surface area contributed by atoms with Gasteiger partial charge in [0.1, 0.15) is 22.9 Å². The Balaban J connectivity index is 1.78. The number of hydrogen-bond acceptors (Lipinski definition) is 4. The van der Waals surface area contributed by atoms with Crippen LogP contribution in [0.4, 0.5) is 0 Å². The predicted octanol–water partition coefficient (Wildman–Crippen LogP) is 3.69. The maximum atomic E-state index is 13.0. The summed E-state index contributed by atoms with van der Waals surface area (Å²) < 4.78 is 12.6. The number of ether oxygens (including phenoxy) is 1. The van der Waals surface area contributed by atoms with Gasteiger partial charge >= 0.3 is 0 Å². The first-order valence-corrected chi connectivity index (χ1v) is 8.76. The summed E-state index contributed by atoms with van der Waals surface area (Å²) in [7, 11) is 1.63. The lowest BCUT2D eigenvalue weighted by atomic mass is 10.2. The zero-order valence-electron chi connectivity index (χ0n) is 14.9. The van der Waals surface area contributed by atoms with Gasteiger partial charge in [-0.3, -0.25) is 4.79 Å². The van der Waals surface area contributed by atoms with Crippen molar-refractivity contribution in [3.8, 4) is 22.9 Å². The molecule has 0 bridgehead atoms. The molecule has 6 heteroatoms. The number of nitrogens with zero attached hydrogens (tertiary/aromatic N) is 3. The van der Waals surface area contributed by atoms with Crippen LogP contribution in [0.1, 0.15) is 29.1 Å². The van der Waals surface area contributed by atoms with E-state index in [0.717, 1.165) is 43.1 Å². The van der Waals surface area contributed by atoms with Crippen molar-refractivity contribution in [2.45, 2.75) is 19.8 Å². The van der Waals surface area contributed by atoms with E-state index in [0.29, 0.717) is 17.1 Å². The molecule has 6 nitrogen and oxygen atoms in total. The van der Waals surface area contributed by atoms with Crippen LogP contribution in [-0.2, 0) is 0 Å². The predicted molar refractivity (Wildman–Crippen MR) is 97.7 cm³/mol. The molecule has 0 saturated carbocycles. The summed E-state index contributed by atoms with van der Waals surface area (Å²) in [4.78, 5) is 14.9. The summed E-state index contributed by atoms with van der Waals surface area (Å²) in [5.74, 6) is 2.23. The monoisotopic (exact) mass is 351 g/mol. The van der Waals surface area contributed by atoms with E-state index in [1.54, 1.807) is 11.8 Å². The third-order valence-corrected chi connectivity index (χ3v) is 4.63. The summed E-state index contributed by atoms with van der Waals surface area (Å²) in [6.45, 7) is 3.48. The van der Waals surface area contributed by atoms with E-state index in [1.807, 2.05) is 54.3 Å². The quantitative estimate of drug-likeness (QED) is 0.719. The van der Waals surface area contributed by atoms with Gasteiger partial charge in [0, 0.05) is 19.2 Å². The Morgan fingerprint density at radius 1 is 1.12 bits per heavy atom. The lowest BCUT2D eigenvalue weighted by Crippen LogP contribution is -2.29. The fourth-order valence-electron chi connectivity index (χ4n) is 3.23. The number of amides is 1. The standard InChI is InChI=1S/C20H21N3O3/c1-14-5-10-19(26-14)17-13-18(20(24)22-11-3-4-12-22)23(21-17)15-6-8-16(25-2)9-7-15/h5-10,13H,3-4,11-12H2,1-2H3. The second-order valence-electron chi connectivity index (χ2n) is 6.43. The summed E-state index contributed by atoms with van der Waals surface area (Å²) in [5.41, 5.74) is 2.00. The zero-order valence-corrected chi connectivity index (χ0v) is 14.9. The van der Waals surface area contributed by atoms with Crippen molar-refractivity contribution in [2.75, 3.05) is 20.2 Å². The van der Waals surface area contributed by atoms with Crippen molar-refractivity contribution in [3.63, 3.8) is 0 Å². The molecule has 1 fully saturated rings. The highest BCUT2D eigenvalue weighted by Crippen LogP contribution is 2.26. The molecule has 0 atom stereocenters. The van der Waals surface area contributed by atoms with E-state index in [1.165, 1.54) is 0 Å². The van der Waals surface area contributed by atoms with Crippen LogP contribution < -0.4 is 4.74 Å². The molecule has 1 saturated heterocycles. The van der Waals surface area contributed by atoms with Gasteiger partial charge in [0.05, 0.1) is 12.8 Å². The first-order chi connectivity index (χ1) is 12.7. The first kappa shape index (κ1) is 16.4. The molecule has 134 valence electrons. The number of furan rings is 1. The number of hydrogen-bond donors (Lipinski definition) is 0. The van der Waals surface area contributed by atoms with Crippen LogP contribution in [0.25, 0.3) is 17.1 Å². The Kier molecular flexibility index (Phi) is 4.24. The molecule has 26 heavy (non-hydrogen) atoms. The van der Waals surface area contributed by atoms with Gasteiger partial charge in [0.15, 0.2) is 5.76 Å². The van der Waals surface area contributed by atoms with Crippen LogP contribution in [0.2, 0.25) is 0 Å². The number of carbonyl (C=O) groups excluding carboxylic acids is 1. The van der Waals surface area contributed by atoms with Crippen molar-refractivity contribution in [3.05, 3.63) is 53.9 Å². The molecule has 4 rings (SSSR count). The summed E-state index contributed by atoms with van der Waals surface area (Å²) in [6.07, 6.45) is 2.10. The van der Waals surface area contributed by atoms with E-state index < -0.39 is 0 Å². The highest BCUT2D eigenvalue weighted by atomic mass is 16.5. The normalized spacial score (nSPS) is 14.0. The number of benzene rings is 1. The summed E-state index contributed by atoms with van der Waals surface area (Å²) in [6, 6.07) is 13.1. The van der Waals surface area contributed by atoms with Crippen LogP contribution in [0, 0.1) is 6.92 Å². The van der Waals surface area contributed by atoms with Crippen LogP contribution >= 0.6 is 0 Å². The van der Waals surface area contributed by atoms with Crippen molar-refractivity contribution in [2.24, 2.45) is 0 Å². The van der Waals surface area contributed by atoms with Crippen LogP contribution in [-0.4, -0.2) is 40.8 Å². The fourth-order valence-corrected chi connectivity index (χ4v) is 3.23. The fraction of sp³-hybridized carbons (Fsp3) is 0.300. The molecule has 3 heterocycles. The molecule has 1 aliphatic rings. The molecule has 3 aromatic rings. The van der Waals surface area contributed by atoms with Crippen molar-refractivity contribution < 1.29 is 13.9 Å². The SMILES string of the molecule is COc1ccc(-n2nc(-c3ccc(C)o3)cc2C(=O)N2CCCC2)cc1. The first-order valence-electron chi connectivity index (χ1n) is 8.76. The lowest BCUT2D eigenvalue weighted by Gasteiger charge is -2.16. The van der Waals surface area contributed by atoms with Crippen molar-refractivity contribution >= 4 is 5.91 Å². The Hall–Kier alpha value is -3.02. The van der Waals surface area contributed by atoms with Crippen molar-refractivity contribution in [1.82, 2.24) is 14.7 Å². The molecule has 0 N–H and O–H groups in total. The van der Waals surface area contributed by atoms with Crippen LogP contribution in [0.3, 0.4) is 0 Å². The van der Waals surface area contributed by atoms with Gasteiger partial charge < -0.3 is 14.1 Å². The Labute approximate surface area is 152 Å². The van der Waals surface area contributed by atoms with Crippen LogP contribution in [0.15, 0.2) is 46.9 Å². The van der Waals surface area contributed by atoms with Gasteiger partial charge in [0.25, 0.3) is 5.91 Å². The highest BCUT2D eigenvalue weighted by molar-refractivity contribution is 5.94. The molecule has 2 aromatic heterocycles. The minimum absolute atomic E-state index is 0.000320. The Morgan fingerprint density at radius 3 is 2.46 bits per heavy atom. The molecule has 0 spiro atoms. The Morgan fingerprint density at radius 2 is 1.85 bits per heavy atom. The molecular weight excluding hydrogens is 330 g/mol. The molecule has 1 aliphatic heterocycles. The number of rotatable bonds is 4. The van der Waals surface area contributed by atoms with Gasteiger partial charge in [-0.25, -0.2) is 4.68 Å². The Bertz CT molecular complexity index is 918. The number of carbonyl (C=O) groups is 1. The minimum atomic E-state index is 0.000320. The molecule has 0 aliphatic carbocycles. The average Bonchev–Trinajstić information content (AvgIpc) is 3.41. The van der Waals surface area contributed by atoms with E-state index in [4.69, 9.17) is 9.15 Å². The number of aryl methyl sites for hydroxylation is 1. The molecule has 0 unspecified atom stereocenters. The number of methoxy groups -OCH3 is 1. The largest absolute Gasteiger partial charge is 0.497 e.